The van der Waals surface area contributed by atoms with E-state index in [0.29, 0.717) is 21.5 Å². The molecule has 0 spiro atoms. The topological polar surface area (TPSA) is 33.5 Å². The van der Waals surface area contributed by atoms with Crippen LogP contribution in [0.2, 0.25) is 0 Å². The van der Waals surface area contributed by atoms with Crippen molar-refractivity contribution in [3.63, 3.8) is 0 Å². The van der Waals surface area contributed by atoms with Crippen LogP contribution in [0, 0.1) is 0 Å². The van der Waals surface area contributed by atoms with Gasteiger partial charge in [0.05, 0.1) is 4.91 Å². The molecule has 0 N–H and O–H groups in total. The first-order valence-electron chi connectivity index (χ1n) is 6.04. The van der Waals surface area contributed by atoms with E-state index in [1.165, 1.54) is 16.7 Å². The van der Waals surface area contributed by atoms with Gasteiger partial charge in [-0.1, -0.05) is 48.3 Å². The molecule has 5 heteroatoms. The highest BCUT2D eigenvalue weighted by molar-refractivity contribution is 8.26. The number of fused-ring (bicyclic) bond motifs is 1. The predicted octanol–water partition coefficient (Wildman–Crippen LogP) is 3.82. The van der Waals surface area contributed by atoms with Crippen LogP contribution >= 0.6 is 24.0 Å². The number of furan rings is 1. The van der Waals surface area contributed by atoms with Gasteiger partial charge in [-0.25, -0.2) is 0 Å². The Morgan fingerprint density at radius 2 is 2.20 bits per heavy atom. The zero-order valence-electron chi connectivity index (χ0n) is 10.5. The fraction of sp³-hybridized carbons (Fsp3) is 0.0667. The van der Waals surface area contributed by atoms with Crippen molar-refractivity contribution in [1.82, 2.24) is 4.90 Å². The van der Waals surface area contributed by atoms with Crippen molar-refractivity contribution in [1.29, 1.82) is 0 Å². The monoisotopic (exact) mass is 301 g/mol. The Balaban J connectivity index is 1.94. The molecule has 0 aliphatic carbocycles. The Labute approximate surface area is 125 Å². The predicted molar refractivity (Wildman–Crippen MR) is 86.3 cm³/mol. The molecule has 0 atom stereocenters. The van der Waals surface area contributed by atoms with Gasteiger partial charge in [0.15, 0.2) is 0 Å². The molecule has 1 aromatic heterocycles. The molecule has 1 aromatic carbocycles. The van der Waals surface area contributed by atoms with E-state index in [0.717, 1.165) is 11.0 Å². The van der Waals surface area contributed by atoms with E-state index in [1.807, 2.05) is 30.3 Å². The van der Waals surface area contributed by atoms with E-state index in [-0.39, 0.29) is 5.91 Å². The van der Waals surface area contributed by atoms with Gasteiger partial charge in [0, 0.05) is 18.0 Å². The molecule has 0 saturated carbocycles. The number of benzene rings is 1. The highest BCUT2D eigenvalue weighted by atomic mass is 32.2. The van der Waals surface area contributed by atoms with Crippen molar-refractivity contribution in [2.24, 2.45) is 0 Å². The van der Waals surface area contributed by atoms with E-state index in [2.05, 4.69) is 6.58 Å². The molecule has 1 saturated heterocycles. The fourth-order valence-electron chi connectivity index (χ4n) is 1.99. The first-order chi connectivity index (χ1) is 9.69. The van der Waals surface area contributed by atoms with Crippen molar-refractivity contribution < 1.29 is 9.21 Å². The smallest absolute Gasteiger partial charge is 0.266 e. The summed E-state index contributed by atoms with van der Waals surface area (Å²) >= 11 is 6.48. The minimum absolute atomic E-state index is 0.0969. The maximum absolute atomic E-state index is 12.2. The van der Waals surface area contributed by atoms with Gasteiger partial charge in [-0.2, -0.15) is 0 Å². The number of hydrogen-bond donors (Lipinski definition) is 0. The lowest BCUT2D eigenvalue weighted by molar-refractivity contribution is -0.121. The lowest BCUT2D eigenvalue weighted by Crippen LogP contribution is -2.27. The van der Waals surface area contributed by atoms with Crippen molar-refractivity contribution >= 4 is 51.3 Å². The molecule has 100 valence electrons. The Morgan fingerprint density at radius 1 is 1.40 bits per heavy atom. The highest BCUT2D eigenvalue weighted by Gasteiger charge is 2.31. The van der Waals surface area contributed by atoms with Gasteiger partial charge in [0.2, 0.25) is 0 Å². The molecule has 0 radical (unpaired) electrons. The number of amides is 1. The van der Waals surface area contributed by atoms with E-state index in [1.54, 1.807) is 12.2 Å². The van der Waals surface area contributed by atoms with Crippen molar-refractivity contribution in [3.8, 4) is 0 Å². The fourth-order valence-corrected chi connectivity index (χ4v) is 3.24. The molecule has 1 amide bonds. The molecule has 2 aromatic rings. The van der Waals surface area contributed by atoms with Gasteiger partial charge in [0.25, 0.3) is 5.91 Å². The van der Waals surface area contributed by atoms with Crippen LogP contribution < -0.4 is 0 Å². The van der Waals surface area contributed by atoms with Crippen LogP contribution in [-0.2, 0) is 4.79 Å². The molecule has 2 heterocycles. The molecular formula is C15H11NO2S2. The van der Waals surface area contributed by atoms with Crippen molar-refractivity contribution in [2.45, 2.75) is 0 Å². The summed E-state index contributed by atoms with van der Waals surface area (Å²) in [5.74, 6) is 0.561. The third-order valence-electron chi connectivity index (χ3n) is 2.90. The van der Waals surface area contributed by atoms with E-state index < -0.39 is 0 Å². The molecular weight excluding hydrogens is 290 g/mol. The van der Waals surface area contributed by atoms with Crippen molar-refractivity contribution in [2.75, 3.05) is 6.54 Å². The molecule has 3 nitrogen and oxygen atoms in total. The molecule has 20 heavy (non-hydrogen) atoms. The quantitative estimate of drug-likeness (QED) is 0.490. The zero-order chi connectivity index (χ0) is 14.1. The van der Waals surface area contributed by atoms with Crippen LogP contribution in [0.5, 0.6) is 0 Å². The number of hydrogen-bond acceptors (Lipinski definition) is 4. The summed E-state index contributed by atoms with van der Waals surface area (Å²) < 4.78 is 6.24. The summed E-state index contributed by atoms with van der Waals surface area (Å²) in [5, 5.41) is 1.01. The number of para-hydroxylation sites is 1. The Bertz CT molecular complexity index is 712. The summed E-state index contributed by atoms with van der Waals surface area (Å²) in [6.07, 6.45) is 3.40. The molecule has 1 aliphatic rings. The lowest BCUT2D eigenvalue weighted by atomic mass is 10.2. The number of nitrogens with zero attached hydrogens (tertiary/aromatic N) is 1. The van der Waals surface area contributed by atoms with Gasteiger partial charge in [0.1, 0.15) is 15.7 Å². The normalized spacial score (nSPS) is 17.4. The third kappa shape index (κ3) is 2.30. The molecule has 0 unspecified atom stereocenters. The van der Waals surface area contributed by atoms with Gasteiger partial charge >= 0.3 is 0 Å². The average Bonchev–Trinajstić information content (AvgIpc) is 2.95. The lowest BCUT2D eigenvalue weighted by Gasteiger charge is -2.10. The summed E-state index contributed by atoms with van der Waals surface area (Å²) in [6.45, 7) is 4.06. The minimum atomic E-state index is -0.0969. The number of rotatable bonds is 3. The van der Waals surface area contributed by atoms with Crippen LogP contribution in [0.25, 0.3) is 17.0 Å². The Kier molecular flexibility index (Phi) is 3.46. The molecule has 0 bridgehead atoms. The second-order valence-corrected chi connectivity index (χ2v) is 5.94. The summed E-state index contributed by atoms with van der Waals surface area (Å²) in [4.78, 5) is 14.3. The summed E-state index contributed by atoms with van der Waals surface area (Å²) in [5.41, 5.74) is 0.806. The van der Waals surface area contributed by atoms with Gasteiger partial charge in [-0.3, -0.25) is 9.69 Å². The van der Waals surface area contributed by atoms with Gasteiger partial charge in [-0.05, 0) is 12.1 Å². The Morgan fingerprint density at radius 3 is 2.95 bits per heavy atom. The van der Waals surface area contributed by atoms with Crippen LogP contribution in [0.4, 0.5) is 0 Å². The number of thioether (sulfide) groups is 1. The number of carbonyl (C=O) groups excluding carboxylic acids is 1. The SMILES string of the molecule is C=CCN1C(=O)/C(=C/c2cc3ccccc3o2)SC1=S. The van der Waals surface area contributed by atoms with E-state index >= 15 is 0 Å². The summed E-state index contributed by atoms with van der Waals surface area (Å²) in [6, 6.07) is 9.65. The Hall–Kier alpha value is -1.85. The van der Waals surface area contributed by atoms with Crippen LogP contribution in [0.3, 0.4) is 0 Å². The first-order valence-corrected chi connectivity index (χ1v) is 7.26. The van der Waals surface area contributed by atoms with Gasteiger partial charge in [-0.15, -0.1) is 6.58 Å². The molecule has 3 rings (SSSR count). The van der Waals surface area contributed by atoms with Crippen LogP contribution in [-0.4, -0.2) is 21.7 Å². The maximum atomic E-state index is 12.2. The third-order valence-corrected chi connectivity index (χ3v) is 4.28. The van der Waals surface area contributed by atoms with Crippen LogP contribution in [0.1, 0.15) is 5.76 Å². The summed E-state index contributed by atoms with van der Waals surface area (Å²) in [7, 11) is 0. The van der Waals surface area contributed by atoms with E-state index in [4.69, 9.17) is 16.6 Å². The molecule has 1 aliphatic heterocycles. The second-order valence-electron chi connectivity index (χ2n) is 4.27. The van der Waals surface area contributed by atoms with Crippen molar-refractivity contribution in [3.05, 3.63) is 53.7 Å². The number of carbonyl (C=O) groups is 1. The van der Waals surface area contributed by atoms with Gasteiger partial charge < -0.3 is 4.42 Å². The first kappa shape index (κ1) is 13.1. The molecule has 1 fully saturated rings. The zero-order valence-corrected chi connectivity index (χ0v) is 12.2. The van der Waals surface area contributed by atoms with E-state index in [9.17, 15) is 4.79 Å². The maximum Gasteiger partial charge on any atom is 0.266 e. The highest BCUT2D eigenvalue weighted by Crippen LogP contribution is 2.33. The van der Waals surface area contributed by atoms with Crippen LogP contribution in [0.15, 0.2) is 52.3 Å². The standard InChI is InChI=1S/C15H11NO2S2/c1-2-7-16-14(17)13(20-15(16)19)9-11-8-10-5-3-4-6-12(10)18-11/h2-6,8-9H,1,7H2/b13-9-. The largest absolute Gasteiger partial charge is 0.457 e. The second kappa shape index (κ2) is 5.26. The average molecular weight is 301 g/mol. The number of thiocarbonyl (C=S) groups is 1. The minimum Gasteiger partial charge on any atom is -0.457 e.